The molecule has 1 saturated heterocycles. The molecule has 1 aliphatic rings. The van der Waals surface area contributed by atoms with Crippen LogP contribution >= 0.6 is 0 Å². The van der Waals surface area contributed by atoms with E-state index in [9.17, 15) is 10.4 Å². The van der Waals surface area contributed by atoms with Crippen LogP contribution in [0, 0.1) is 22.2 Å². The van der Waals surface area contributed by atoms with Crippen molar-refractivity contribution in [2.45, 2.75) is 46.6 Å². The normalized spacial score (nSPS) is 17.4. The van der Waals surface area contributed by atoms with Gasteiger partial charge in [0.1, 0.15) is 5.75 Å². The van der Waals surface area contributed by atoms with Crippen molar-refractivity contribution in [2.75, 3.05) is 13.1 Å². The molecule has 1 aliphatic heterocycles. The molecule has 1 N–H and O–H groups in total. The molecule has 0 spiro atoms. The number of benzene rings is 2. The molecule has 0 aliphatic carbocycles. The molecule has 1 heterocycles. The fourth-order valence-corrected chi connectivity index (χ4v) is 4.28. The van der Waals surface area contributed by atoms with Gasteiger partial charge in [-0.1, -0.05) is 63.2 Å². The highest BCUT2D eigenvalue weighted by atomic mass is 16.3. The first-order chi connectivity index (χ1) is 12.8. The van der Waals surface area contributed by atoms with Crippen LogP contribution in [0.4, 0.5) is 0 Å². The number of rotatable bonds is 4. The second-order valence-corrected chi connectivity index (χ2v) is 8.86. The third-order valence-electron chi connectivity index (χ3n) is 6.37. The minimum atomic E-state index is 0.109. The lowest BCUT2D eigenvalue weighted by molar-refractivity contribution is 0.00710. The van der Waals surface area contributed by atoms with Crippen LogP contribution in [0.5, 0.6) is 5.75 Å². The second kappa shape index (κ2) is 7.74. The van der Waals surface area contributed by atoms with Crippen molar-refractivity contribution in [2.24, 2.45) is 10.8 Å². The zero-order valence-electron chi connectivity index (χ0n) is 16.7. The highest BCUT2D eigenvalue weighted by molar-refractivity contribution is 5.70. The lowest BCUT2D eigenvalue weighted by Gasteiger charge is -2.49. The van der Waals surface area contributed by atoms with Crippen molar-refractivity contribution in [1.82, 2.24) is 4.90 Å². The van der Waals surface area contributed by atoms with Gasteiger partial charge >= 0.3 is 0 Å². The SMILES string of the molecule is CC(C)(C)C1(CC#N)CCN(Cc2ccc(-c3ccccc3)c(O)c2)CC1. The van der Waals surface area contributed by atoms with E-state index < -0.39 is 0 Å². The lowest BCUT2D eigenvalue weighted by atomic mass is 9.60. The molecule has 2 aromatic rings. The van der Waals surface area contributed by atoms with Crippen molar-refractivity contribution in [3.8, 4) is 22.9 Å². The monoisotopic (exact) mass is 362 g/mol. The first-order valence-corrected chi connectivity index (χ1v) is 9.81. The summed E-state index contributed by atoms with van der Waals surface area (Å²) < 4.78 is 0. The third-order valence-corrected chi connectivity index (χ3v) is 6.37. The molecule has 2 aromatic carbocycles. The van der Waals surface area contributed by atoms with Crippen LogP contribution in [0.3, 0.4) is 0 Å². The first-order valence-electron chi connectivity index (χ1n) is 9.81. The Morgan fingerprint density at radius 1 is 1.07 bits per heavy atom. The van der Waals surface area contributed by atoms with Gasteiger partial charge in [-0.3, -0.25) is 4.90 Å². The van der Waals surface area contributed by atoms with Gasteiger partial charge < -0.3 is 5.11 Å². The molecule has 0 amide bonds. The van der Waals surface area contributed by atoms with Gasteiger partial charge in [0.05, 0.1) is 6.07 Å². The molecule has 0 radical (unpaired) electrons. The number of piperidine rings is 1. The Labute approximate surface area is 163 Å². The lowest BCUT2D eigenvalue weighted by Crippen LogP contribution is -2.46. The van der Waals surface area contributed by atoms with E-state index >= 15 is 0 Å². The van der Waals surface area contributed by atoms with Crippen molar-refractivity contribution in [1.29, 1.82) is 5.26 Å². The second-order valence-electron chi connectivity index (χ2n) is 8.86. The summed E-state index contributed by atoms with van der Waals surface area (Å²) in [5.41, 5.74) is 3.29. The Bertz CT molecular complexity index is 807. The first kappa shape index (κ1) is 19.5. The number of likely N-dealkylation sites (tertiary alicyclic amines) is 1. The van der Waals surface area contributed by atoms with Crippen molar-refractivity contribution in [3.05, 3.63) is 54.1 Å². The Kier molecular flexibility index (Phi) is 5.58. The summed E-state index contributed by atoms with van der Waals surface area (Å²) in [6, 6.07) is 18.4. The molecule has 3 nitrogen and oxygen atoms in total. The molecule has 142 valence electrons. The Morgan fingerprint density at radius 2 is 1.74 bits per heavy atom. The number of aromatic hydroxyl groups is 1. The number of hydrogen-bond donors (Lipinski definition) is 1. The van der Waals surface area contributed by atoms with E-state index in [2.05, 4.69) is 37.8 Å². The molecular formula is C24H30N2O. The Hall–Kier alpha value is -2.31. The van der Waals surface area contributed by atoms with E-state index in [0.29, 0.717) is 12.2 Å². The van der Waals surface area contributed by atoms with Gasteiger partial charge in [0.25, 0.3) is 0 Å². The van der Waals surface area contributed by atoms with E-state index in [4.69, 9.17) is 0 Å². The number of nitriles is 1. The predicted molar refractivity (Wildman–Crippen MR) is 110 cm³/mol. The largest absolute Gasteiger partial charge is 0.507 e. The van der Waals surface area contributed by atoms with Gasteiger partial charge in [-0.2, -0.15) is 5.26 Å². The summed E-state index contributed by atoms with van der Waals surface area (Å²) >= 11 is 0. The number of nitrogens with zero attached hydrogens (tertiary/aromatic N) is 2. The zero-order valence-corrected chi connectivity index (χ0v) is 16.7. The number of phenols is 1. The van der Waals surface area contributed by atoms with Crippen molar-refractivity contribution < 1.29 is 5.11 Å². The van der Waals surface area contributed by atoms with Crippen LogP contribution in [0.2, 0.25) is 0 Å². The highest BCUT2D eigenvalue weighted by Crippen LogP contribution is 2.49. The van der Waals surface area contributed by atoms with Gasteiger partial charge in [-0.15, -0.1) is 0 Å². The van der Waals surface area contributed by atoms with Crippen molar-refractivity contribution in [3.63, 3.8) is 0 Å². The summed E-state index contributed by atoms with van der Waals surface area (Å²) in [7, 11) is 0. The standard InChI is InChI=1S/C24H30N2O/c1-23(2,3)24(11-14-25)12-15-26(16-13-24)18-19-9-10-21(22(27)17-19)20-7-5-4-6-8-20/h4-10,17,27H,11-13,15-16,18H2,1-3H3. The quantitative estimate of drug-likeness (QED) is 0.770. The van der Waals surface area contributed by atoms with Gasteiger partial charge in [-0.25, -0.2) is 0 Å². The van der Waals surface area contributed by atoms with Crippen LogP contribution in [-0.4, -0.2) is 23.1 Å². The minimum absolute atomic E-state index is 0.109. The molecule has 0 saturated carbocycles. The fraction of sp³-hybridized carbons (Fsp3) is 0.458. The van der Waals surface area contributed by atoms with Gasteiger partial charge in [0.15, 0.2) is 0 Å². The Morgan fingerprint density at radius 3 is 2.30 bits per heavy atom. The van der Waals surface area contributed by atoms with E-state index in [1.165, 1.54) is 0 Å². The molecule has 0 aromatic heterocycles. The van der Waals surface area contributed by atoms with Crippen LogP contribution in [0.1, 0.15) is 45.6 Å². The summed E-state index contributed by atoms with van der Waals surface area (Å²) in [6.45, 7) is 9.64. The van der Waals surface area contributed by atoms with E-state index in [1.54, 1.807) is 0 Å². The zero-order chi connectivity index (χ0) is 19.5. The van der Waals surface area contributed by atoms with Gasteiger partial charge in [0.2, 0.25) is 0 Å². The maximum atomic E-state index is 10.5. The summed E-state index contributed by atoms with van der Waals surface area (Å²) in [5, 5.41) is 19.8. The molecule has 1 fully saturated rings. The van der Waals surface area contributed by atoms with Crippen LogP contribution in [0.25, 0.3) is 11.1 Å². The highest BCUT2D eigenvalue weighted by Gasteiger charge is 2.43. The molecule has 0 atom stereocenters. The maximum Gasteiger partial charge on any atom is 0.123 e. The molecular weight excluding hydrogens is 332 g/mol. The predicted octanol–water partition coefficient (Wildman–Crippen LogP) is 5.60. The summed E-state index contributed by atoms with van der Waals surface area (Å²) in [4.78, 5) is 2.44. The average molecular weight is 363 g/mol. The van der Waals surface area contributed by atoms with Crippen molar-refractivity contribution >= 4 is 0 Å². The van der Waals surface area contributed by atoms with Gasteiger partial charge in [0, 0.05) is 18.5 Å². The summed E-state index contributed by atoms with van der Waals surface area (Å²) in [6.07, 6.45) is 2.74. The third kappa shape index (κ3) is 4.17. The summed E-state index contributed by atoms with van der Waals surface area (Å²) in [5.74, 6) is 0.337. The maximum absolute atomic E-state index is 10.5. The molecule has 27 heavy (non-hydrogen) atoms. The topological polar surface area (TPSA) is 47.3 Å². The average Bonchev–Trinajstić information content (AvgIpc) is 2.63. The van der Waals surface area contributed by atoms with E-state index in [0.717, 1.165) is 49.2 Å². The molecule has 0 bridgehead atoms. The Balaban J connectivity index is 1.67. The van der Waals surface area contributed by atoms with E-state index in [1.807, 2.05) is 42.5 Å². The smallest absolute Gasteiger partial charge is 0.123 e. The van der Waals surface area contributed by atoms with Crippen LogP contribution < -0.4 is 0 Å². The van der Waals surface area contributed by atoms with Crippen LogP contribution in [0.15, 0.2) is 48.5 Å². The van der Waals surface area contributed by atoms with Crippen LogP contribution in [-0.2, 0) is 6.54 Å². The molecule has 0 unspecified atom stereocenters. The molecule has 3 rings (SSSR count). The number of phenolic OH excluding ortho intramolecular Hbond substituents is 1. The van der Waals surface area contributed by atoms with Gasteiger partial charge in [-0.05, 0) is 54.0 Å². The minimum Gasteiger partial charge on any atom is -0.507 e. The van der Waals surface area contributed by atoms with E-state index in [-0.39, 0.29) is 10.8 Å². The molecule has 3 heteroatoms. The fourth-order valence-electron chi connectivity index (χ4n) is 4.28. The number of hydrogen-bond acceptors (Lipinski definition) is 3.